The quantitative estimate of drug-likeness (QED) is 0.731. The van der Waals surface area contributed by atoms with Gasteiger partial charge in [-0.1, -0.05) is 29.3 Å². The molecule has 18 heavy (non-hydrogen) atoms. The average Bonchev–Trinajstić information content (AvgIpc) is 3.03. The van der Waals surface area contributed by atoms with Crippen molar-refractivity contribution in [1.82, 2.24) is 4.90 Å². The van der Waals surface area contributed by atoms with Crippen LogP contribution in [0.1, 0.15) is 45.4 Å². The lowest BCUT2D eigenvalue weighted by Gasteiger charge is -2.28. The van der Waals surface area contributed by atoms with Crippen LogP contribution in [-0.4, -0.2) is 28.7 Å². The highest BCUT2D eigenvalue weighted by Gasteiger charge is 2.42. The fourth-order valence-electron chi connectivity index (χ4n) is 4.52. The molecule has 0 radical (unpaired) electrons. The molecule has 3 aliphatic rings. The van der Waals surface area contributed by atoms with Crippen LogP contribution in [0.3, 0.4) is 0 Å². The molecule has 2 saturated carbocycles. The van der Waals surface area contributed by atoms with Gasteiger partial charge in [-0.05, 0) is 49.4 Å². The fourth-order valence-corrected chi connectivity index (χ4v) is 5.51. The first kappa shape index (κ1) is 13.0. The highest BCUT2D eigenvalue weighted by atomic mass is 79.9. The van der Waals surface area contributed by atoms with Gasteiger partial charge in [0.25, 0.3) is 0 Å². The molecule has 0 aromatic carbocycles. The van der Waals surface area contributed by atoms with Gasteiger partial charge in [-0.2, -0.15) is 0 Å². The summed E-state index contributed by atoms with van der Waals surface area (Å²) in [6.45, 7) is 3.26. The molecule has 1 amide bonds. The van der Waals surface area contributed by atoms with Crippen molar-refractivity contribution in [1.29, 1.82) is 0 Å². The first-order valence-electron chi connectivity index (χ1n) is 7.54. The van der Waals surface area contributed by atoms with Crippen LogP contribution in [0.2, 0.25) is 0 Å². The van der Waals surface area contributed by atoms with E-state index in [1.54, 1.807) is 0 Å². The van der Waals surface area contributed by atoms with Crippen LogP contribution >= 0.6 is 15.9 Å². The number of fused-ring (bicyclic) bond motifs is 2. The van der Waals surface area contributed by atoms with Crippen molar-refractivity contribution in [3.8, 4) is 0 Å². The minimum absolute atomic E-state index is 0.432. The van der Waals surface area contributed by atoms with Crippen LogP contribution in [0.25, 0.3) is 0 Å². The molecule has 0 aromatic rings. The van der Waals surface area contributed by atoms with E-state index in [0.717, 1.165) is 30.1 Å². The van der Waals surface area contributed by atoms with Gasteiger partial charge in [0.2, 0.25) is 5.91 Å². The number of carbonyl (C=O) groups excluding carboxylic acids is 1. The van der Waals surface area contributed by atoms with Gasteiger partial charge in [-0.3, -0.25) is 4.79 Å². The molecule has 102 valence electrons. The summed E-state index contributed by atoms with van der Waals surface area (Å²) in [4.78, 5) is 14.7. The summed E-state index contributed by atoms with van der Waals surface area (Å²) < 4.78 is 0. The first-order valence-corrected chi connectivity index (χ1v) is 8.66. The summed E-state index contributed by atoms with van der Waals surface area (Å²) in [7, 11) is 0. The van der Waals surface area contributed by atoms with E-state index in [0.29, 0.717) is 23.8 Å². The summed E-state index contributed by atoms with van der Waals surface area (Å²) in [6.07, 6.45) is 7.58. The Kier molecular flexibility index (Phi) is 3.70. The number of nitrogens with zero attached hydrogens (tertiary/aromatic N) is 1. The van der Waals surface area contributed by atoms with Crippen LogP contribution in [0.4, 0.5) is 0 Å². The van der Waals surface area contributed by atoms with Crippen LogP contribution in [-0.2, 0) is 4.79 Å². The predicted octanol–water partition coefficient (Wildman–Crippen LogP) is 3.44. The Balaban J connectivity index is 1.58. The van der Waals surface area contributed by atoms with Gasteiger partial charge in [-0.15, -0.1) is 0 Å². The number of hydrogen-bond donors (Lipinski definition) is 0. The lowest BCUT2D eigenvalue weighted by molar-refractivity contribution is -0.133. The smallest absolute Gasteiger partial charge is 0.223 e. The molecule has 0 spiro atoms. The second kappa shape index (κ2) is 5.15. The molecule has 0 aromatic heterocycles. The maximum Gasteiger partial charge on any atom is 0.223 e. The number of likely N-dealkylation sites (tertiary alicyclic amines) is 1. The number of carbonyl (C=O) groups is 1. The average molecular weight is 314 g/mol. The predicted molar refractivity (Wildman–Crippen MR) is 76.6 cm³/mol. The zero-order valence-corrected chi connectivity index (χ0v) is 12.9. The van der Waals surface area contributed by atoms with Gasteiger partial charge in [0.05, 0.1) is 0 Å². The fraction of sp³-hybridized carbons (Fsp3) is 0.933. The van der Waals surface area contributed by atoms with E-state index >= 15 is 0 Å². The Morgan fingerprint density at radius 3 is 2.72 bits per heavy atom. The Morgan fingerprint density at radius 2 is 2.11 bits per heavy atom. The normalized spacial score (nSPS) is 42.8. The molecule has 3 rings (SSSR count). The molecule has 2 bridgehead atoms. The summed E-state index contributed by atoms with van der Waals surface area (Å²) >= 11 is 3.58. The van der Waals surface area contributed by atoms with Crippen LogP contribution in [0, 0.1) is 23.7 Å². The Bertz CT molecular complexity index is 332. The monoisotopic (exact) mass is 313 g/mol. The molecular weight excluding hydrogens is 290 g/mol. The number of rotatable bonds is 3. The summed E-state index contributed by atoms with van der Waals surface area (Å²) in [6, 6.07) is 0.441. The zero-order chi connectivity index (χ0) is 12.7. The molecule has 5 unspecified atom stereocenters. The zero-order valence-electron chi connectivity index (χ0n) is 11.3. The molecular formula is C15H24BrNO. The third kappa shape index (κ3) is 2.23. The summed E-state index contributed by atoms with van der Waals surface area (Å²) in [5.74, 6) is 3.64. The lowest BCUT2D eigenvalue weighted by atomic mass is 9.86. The van der Waals surface area contributed by atoms with Gasteiger partial charge in [0, 0.05) is 24.3 Å². The molecule has 1 saturated heterocycles. The van der Waals surface area contributed by atoms with Crippen molar-refractivity contribution < 1.29 is 4.79 Å². The van der Waals surface area contributed by atoms with Crippen LogP contribution < -0.4 is 0 Å². The second-order valence-electron chi connectivity index (χ2n) is 6.71. The van der Waals surface area contributed by atoms with Gasteiger partial charge in [0.1, 0.15) is 0 Å². The van der Waals surface area contributed by atoms with E-state index < -0.39 is 0 Å². The minimum Gasteiger partial charge on any atom is -0.339 e. The molecule has 3 fully saturated rings. The molecule has 0 N–H and O–H groups in total. The van der Waals surface area contributed by atoms with Crippen LogP contribution in [0.15, 0.2) is 0 Å². The van der Waals surface area contributed by atoms with Crippen molar-refractivity contribution in [2.75, 3.05) is 11.9 Å². The standard InChI is InChI=1S/C15H24BrNO/c1-10-4-5-17(14(10)9-16)15(18)8-13-7-11-2-3-12(13)6-11/h10-14H,2-9H2,1H3. The number of alkyl halides is 1. The van der Waals surface area contributed by atoms with Crippen molar-refractivity contribution in [2.45, 2.75) is 51.5 Å². The van der Waals surface area contributed by atoms with Crippen molar-refractivity contribution in [2.24, 2.45) is 23.7 Å². The summed E-state index contributed by atoms with van der Waals surface area (Å²) in [5, 5.41) is 0.941. The van der Waals surface area contributed by atoms with E-state index in [1.807, 2.05) is 0 Å². The van der Waals surface area contributed by atoms with Crippen molar-refractivity contribution in [3.05, 3.63) is 0 Å². The Labute approximate surface area is 119 Å². The molecule has 2 nitrogen and oxygen atoms in total. The summed E-state index contributed by atoms with van der Waals surface area (Å²) in [5.41, 5.74) is 0. The van der Waals surface area contributed by atoms with E-state index in [9.17, 15) is 4.79 Å². The Morgan fingerprint density at radius 1 is 1.28 bits per heavy atom. The molecule has 1 aliphatic heterocycles. The highest BCUT2D eigenvalue weighted by Crippen LogP contribution is 2.49. The van der Waals surface area contributed by atoms with Crippen molar-refractivity contribution >= 4 is 21.8 Å². The molecule has 5 atom stereocenters. The minimum atomic E-state index is 0.432. The second-order valence-corrected chi connectivity index (χ2v) is 7.36. The van der Waals surface area contributed by atoms with Crippen molar-refractivity contribution in [3.63, 3.8) is 0 Å². The van der Waals surface area contributed by atoms with Gasteiger partial charge in [-0.25, -0.2) is 0 Å². The van der Waals surface area contributed by atoms with Crippen LogP contribution in [0.5, 0.6) is 0 Å². The largest absolute Gasteiger partial charge is 0.339 e. The number of hydrogen-bond acceptors (Lipinski definition) is 1. The maximum atomic E-state index is 12.5. The SMILES string of the molecule is CC1CCN(C(=O)CC2CC3CCC2C3)C1CBr. The lowest BCUT2D eigenvalue weighted by Crippen LogP contribution is -2.39. The number of halogens is 1. The molecule has 2 aliphatic carbocycles. The Hall–Kier alpha value is -0.0500. The topological polar surface area (TPSA) is 20.3 Å². The first-order chi connectivity index (χ1) is 8.69. The third-order valence-electron chi connectivity index (χ3n) is 5.68. The third-order valence-corrected chi connectivity index (χ3v) is 6.35. The van der Waals surface area contributed by atoms with E-state index in [2.05, 4.69) is 27.8 Å². The number of amides is 1. The van der Waals surface area contributed by atoms with Gasteiger partial charge < -0.3 is 4.90 Å². The highest BCUT2D eigenvalue weighted by molar-refractivity contribution is 9.09. The van der Waals surface area contributed by atoms with E-state index in [-0.39, 0.29) is 0 Å². The van der Waals surface area contributed by atoms with Gasteiger partial charge >= 0.3 is 0 Å². The maximum absolute atomic E-state index is 12.5. The van der Waals surface area contributed by atoms with E-state index in [4.69, 9.17) is 0 Å². The molecule has 1 heterocycles. The van der Waals surface area contributed by atoms with E-state index in [1.165, 1.54) is 32.1 Å². The van der Waals surface area contributed by atoms with Gasteiger partial charge in [0.15, 0.2) is 0 Å². The molecule has 3 heteroatoms.